The van der Waals surface area contributed by atoms with Crippen LogP contribution in [0, 0.1) is 17.7 Å². The number of nitrogens with zero attached hydrogens (tertiary/aromatic N) is 2. The molecule has 2 atom stereocenters. The Kier molecular flexibility index (Phi) is 6.52. The average molecular weight is 408 g/mol. The van der Waals surface area contributed by atoms with Gasteiger partial charge in [-0.05, 0) is 99.0 Å². The topological polar surface area (TPSA) is 31.9 Å². The fourth-order valence-electron chi connectivity index (χ4n) is 5.26. The Balaban J connectivity index is 1.28. The number of H-pyrrole nitrogens is 1. The van der Waals surface area contributed by atoms with Crippen molar-refractivity contribution in [2.24, 2.45) is 11.8 Å². The maximum absolute atomic E-state index is 13.7. The maximum atomic E-state index is 13.7. The summed E-state index contributed by atoms with van der Waals surface area (Å²) in [5.41, 5.74) is 4.79. The highest BCUT2D eigenvalue weighted by molar-refractivity contribution is 5.74. The number of hydrogen-bond donors (Lipinski definition) is 1. The molecule has 30 heavy (non-hydrogen) atoms. The zero-order valence-corrected chi connectivity index (χ0v) is 18.5. The molecule has 0 radical (unpaired) electrons. The lowest BCUT2D eigenvalue weighted by Crippen LogP contribution is -2.29. The van der Waals surface area contributed by atoms with E-state index in [1.54, 1.807) is 12.1 Å². The Morgan fingerprint density at radius 2 is 2.00 bits per heavy atom. The van der Waals surface area contributed by atoms with Crippen LogP contribution >= 0.6 is 0 Å². The zero-order valence-electron chi connectivity index (χ0n) is 18.5. The Bertz CT molecular complexity index is 944. The predicted molar refractivity (Wildman–Crippen MR) is 122 cm³/mol. The van der Waals surface area contributed by atoms with Crippen molar-refractivity contribution in [2.75, 3.05) is 20.1 Å². The molecule has 0 spiro atoms. The van der Waals surface area contributed by atoms with Gasteiger partial charge in [-0.15, -0.1) is 0 Å². The summed E-state index contributed by atoms with van der Waals surface area (Å²) in [4.78, 5) is 10.6. The van der Waals surface area contributed by atoms with Crippen LogP contribution in [0.4, 0.5) is 4.39 Å². The molecule has 0 bridgehead atoms. The lowest BCUT2D eigenvalue weighted by atomic mass is 9.69. The number of nitrogens with one attached hydrogen (secondary N) is 1. The molecule has 4 rings (SSSR count). The van der Waals surface area contributed by atoms with E-state index < -0.39 is 0 Å². The minimum absolute atomic E-state index is 0.0982. The molecule has 0 saturated carbocycles. The van der Waals surface area contributed by atoms with Crippen LogP contribution in [0.1, 0.15) is 56.0 Å². The van der Waals surface area contributed by atoms with Crippen LogP contribution < -0.4 is 0 Å². The minimum atomic E-state index is -0.0982. The van der Waals surface area contributed by atoms with E-state index in [9.17, 15) is 4.39 Å². The minimum Gasteiger partial charge on any atom is -0.342 e. The highest BCUT2D eigenvalue weighted by atomic mass is 19.1. The molecular formula is C26H34FN3. The van der Waals surface area contributed by atoms with E-state index in [0.29, 0.717) is 17.8 Å². The van der Waals surface area contributed by atoms with Gasteiger partial charge in [-0.1, -0.05) is 32.0 Å². The SMILES string of the molecule is CC(C)[C@H]1c2ccc(F)cc2CC[C@@H]1CCN(C)CCCc1nc2ccccc2[nH]1. The number of fused-ring (bicyclic) bond motifs is 2. The number of aromatic nitrogens is 2. The Labute approximate surface area is 179 Å². The first kappa shape index (κ1) is 21.0. The molecular weight excluding hydrogens is 373 g/mol. The quantitative estimate of drug-likeness (QED) is 0.500. The van der Waals surface area contributed by atoms with Crippen molar-refractivity contribution in [3.8, 4) is 0 Å². The molecule has 1 aliphatic rings. The summed E-state index contributed by atoms with van der Waals surface area (Å²) in [6.45, 7) is 6.82. The maximum Gasteiger partial charge on any atom is 0.123 e. The highest BCUT2D eigenvalue weighted by Gasteiger charge is 2.31. The van der Waals surface area contributed by atoms with Gasteiger partial charge in [0, 0.05) is 6.42 Å². The summed E-state index contributed by atoms with van der Waals surface area (Å²) < 4.78 is 13.7. The molecule has 160 valence electrons. The van der Waals surface area contributed by atoms with Crippen molar-refractivity contribution in [2.45, 2.75) is 51.9 Å². The third-order valence-electron chi connectivity index (χ3n) is 6.75. The van der Waals surface area contributed by atoms with E-state index in [0.717, 1.165) is 49.2 Å². The second-order valence-corrected chi connectivity index (χ2v) is 9.31. The van der Waals surface area contributed by atoms with Crippen LogP contribution in [0.2, 0.25) is 0 Å². The van der Waals surface area contributed by atoms with Crippen molar-refractivity contribution in [1.29, 1.82) is 0 Å². The third-order valence-corrected chi connectivity index (χ3v) is 6.75. The Morgan fingerprint density at radius 3 is 2.80 bits per heavy atom. The number of imidazole rings is 1. The fraction of sp³-hybridized carbons (Fsp3) is 0.500. The lowest BCUT2D eigenvalue weighted by molar-refractivity contribution is 0.238. The number of rotatable bonds is 8. The van der Waals surface area contributed by atoms with Crippen molar-refractivity contribution in [3.05, 3.63) is 65.2 Å². The normalized spacial score (nSPS) is 19.0. The third kappa shape index (κ3) is 4.75. The van der Waals surface area contributed by atoms with Gasteiger partial charge in [-0.2, -0.15) is 0 Å². The Hall–Kier alpha value is -2.20. The molecule has 0 amide bonds. The largest absolute Gasteiger partial charge is 0.342 e. The van der Waals surface area contributed by atoms with Gasteiger partial charge < -0.3 is 9.88 Å². The average Bonchev–Trinajstić information content (AvgIpc) is 3.14. The van der Waals surface area contributed by atoms with Crippen LogP contribution in [-0.2, 0) is 12.8 Å². The number of para-hydroxylation sites is 2. The smallest absolute Gasteiger partial charge is 0.123 e. The van der Waals surface area contributed by atoms with Crippen LogP contribution in [0.3, 0.4) is 0 Å². The van der Waals surface area contributed by atoms with Gasteiger partial charge in [-0.3, -0.25) is 0 Å². The molecule has 1 aliphatic carbocycles. The lowest BCUT2D eigenvalue weighted by Gasteiger charge is -2.37. The monoisotopic (exact) mass is 407 g/mol. The summed E-state index contributed by atoms with van der Waals surface area (Å²) in [5, 5.41) is 0. The van der Waals surface area contributed by atoms with Gasteiger partial charge in [-0.25, -0.2) is 9.37 Å². The van der Waals surface area contributed by atoms with E-state index >= 15 is 0 Å². The number of halogens is 1. The molecule has 3 aromatic rings. The molecule has 0 unspecified atom stereocenters. The summed E-state index contributed by atoms with van der Waals surface area (Å²) in [7, 11) is 2.23. The molecule has 1 N–H and O–H groups in total. The standard InChI is InChI=1S/C26H34FN3/c1-18(2)26-19(10-11-20-17-21(27)12-13-22(20)26)14-16-30(3)15-6-9-25-28-23-7-4-5-8-24(23)29-25/h4-5,7-8,12-13,17-19,26H,6,9-11,14-16H2,1-3H3,(H,28,29)/t19-,26-/m1/s1. The molecule has 0 saturated heterocycles. The number of aromatic amines is 1. The summed E-state index contributed by atoms with van der Waals surface area (Å²) >= 11 is 0. The predicted octanol–water partition coefficient (Wildman–Crippen LogP) is 5.96. The summed E-state index contributed by atoms with van der Waals surface area (Å²) in [5.74, 6) is 2.79. The fourth-order valence-corrected chi connectivity index (χ4v) is 5.26. The van der Waals surface area contributed by atoms with Gasteiger partial charge in [0.25, 0.3) is 0 Å². The summed E-state index contributed by atoms with van der Waals surface area (Å²) in [6.07, 6.45) is 5.48. The van der Waals surface area contributed by atoms with Crippen LogP contribution in [0.25, 0.3) is 11.0 Å². The van der Waals surface area contributed by atoms with Gasteiger partial charge in [0.15, 0.2) is 0 Å². The van der Waals surface area contributed by atoms with Gasteiger partial charge >= 0.3 is 0 Å². The van der Waals surface area contributed by atoms with Crippen molar-refractivity contribution >= 4 is 11.0 Å². The Morgan fingerprint density at radius 1 is 1.17 bits per heavy atom. The number of aryl methyl sites for hydroxylation is 2. The molecule has 0 fully saturated rings. The first-order valence-corrected chi connectivity index (χ1v) is 11.4. The van der Waals surface area contributed by atoms with Crippen LogP contribution in [-0.4, -0.2) is 35.0 Å². The number of hydrogen-bond acceptors (Lipinski definition) is 2. The number of benzene rings is 2. The molecule has 0 aliphatic heterocycles. The van der Waals surface area contributed by atoms with Crippen molar-refractivity contribution in [1.82, 2.24) is 14.9 Å². The van der Waals surface area contributed by atoms with Gasteiger partial charge in [0.1, 0.15) is 11.6 Å². The van der Waals surface area contributed by atoms with Crippen molar-refractivity contribution < 1.29 is 4.39 Å². The van der Waals surface area contributed by atoms with Gasteiger partial charge in [0.2, 0.25) is 0 Å². The highest BCUT2D eigenvalue weighted by Crippen LogP contribution is 2.42. The molecule has 1 aromatic heterocycles. The first-order chi connectivity index (χ1) is 14.5. The second kappa shape index (κ2) is 9.30. The molecule has 3 nitrogen and oxygen atoms in total. The van der Waals surface area contributed by atoms with E-state index in [-0.39, 0.29) is 5.82 Å². The molecule has 2 aromatic carbocycles. The van der Waals surface area contributed by atoms with E-state index in [1.807, 2.05) is 18.2 Å². The van der Waals surface area contributed by atoms with Gasteiger partial charge in [0.05, 0.1) is 11.0 Å². The van der Waals surface area contributed by atoms with E-state index in [1.165, 1.54) is 24.0 Å². The van der Waals surface area contributed by atoms with Crippen LogP contribution in [0.5, 0.6) is 0 Å². The van der Waals surface area contributed by atoms with Crippen LogP contribution in [0.15, 0.2) is 42.5 Å². The summed E-state index contributed by atoms with van der Waals surface area (Å²) in [6, 6.07) is 13.7. The van der Waals surface area contributed by atoms with E-state index in [2.05, 4.69) is 47.9 Å². The van der Waals surface area contributed by atoms with E-state index in [4.69, 9.17) is 0 Å². The second-order valence-electron chi connectivity index (χ2n) is 9.31. The molecule has 1 heterocycles. The molecule has 4 heteroatoms. The first-order valence-electron chi connectivity index (χ1n) is 11.4. The zero-order chi connectivity index (χ0) is 21.1. The van der Waals surface area contributed by atoms with Crippen molar-refractivity contribution in [3.63, 3.8) is 0 Å².